The second-order valence-electron chi connectivity index (χ2n) is 5.39. The van der Waals surface area contributed by atoms with Gasteiger partial charge in [0.1, 0.15) is 11.4 Å². The maximum Gasteiger partial charge on any atom is 0.230 e. The smallest absolute Gasteiger partial charge is 0.230 e. The first-order valence-electron chi connectivity index (χ1n) is 7.04. The summed E-state index contributed by atoms with van der Waals surface area (Å²) >= 11 is 0. The number of hydrogen-bond donors (Lipinski definition) is 1. The minimum absolute atomic E-state index is 0.0188. The fourth-order valence-electron chi connectivity index (χ4n) is 2.62. The standard InChI is InChI=1S/C15H22N2O3/c1-10(2)14-11(5-4-8-20-14)15(18)17-12-9-16-7-6-13(12)19-3/h6-7,9-11,14H,4-5,8H2,1-3H3,(H,17,18). The lowest BCUT2D eigenvalue weighted by Crippen LogP contribution is -2.41. The molecule has 20 heavy (non-hydrogen) atoms. The Balaban J connectivity index is 2.10. The van der Waals surface area contributed by atoms with Gasteiger partial charge in [-0.15, -0.1) is 0 Å². The maximum atomic E-state index is 12.5. The van der Waals surface area contributed by atoms with E-state index >= 15 is 0 Å². The van der Waals surface area contributed by atoms with Crippen molar-refractivity contribution in [2.75, 3.05) is 19.0 Å². The molecule has 1 amide bonds. The highest BCUT2D eigenvalue weighted by Gasteiger charge is 2.34. The van der Waals surface area contributed by atoms with Crippen LogP contribution in [-0.2, 0) is 9.53 Å². The second-order valence-corrected chi connectivity index (χ2v) is 5.39. The molecule has 1 N–H and O–H groups in total. The van der Waals surface area contributed by atoms with E-state index in [9.17, 15) is 4.79 Å². The molecule has 2 rings (SSSR count). The summed E-state index contributed by atoms with van der Waals surface area (Å²) in [4.78, 5) is 16.5. The number of ether oxygens (including phenoxy) is 2. The SMILES string of the molecule is COc1ccncc1NC(=O)C1CCCOC1C(C)C. The molecule has 1 fully saturated rings. The molecule has 0 aliphatic carbocycles. The Kier molecular flexibility index (Phi) is 4.95. The van der Waals surface area contributed by atoms with E-state index in [0.29, 0.717) is 17.4 Å². The highest BCUT2D eigenvalue weighted by Crippen LogP contribution is 2.29. The van der Waals surface area contributed by atoms with Crippen molar-refractivity contribution in [1.82, 2.24) is 4.98 Å². The van der Waals surface area contributed by atoms with Crippen molar-refractivity contribution in [3.63, 3.8) is 0 Å². The number of amides is 1. The zero-order valence-corrected chi connectivity index (χ0v) is 12.3. The molecule has 1 aromatic heterocycles. The van der Waals surface area contributed by atoms with Crippen LogP contribution >= 0.6 is 0 Å². The summed E-state index contributed by atoms with van der Waals surface area (Å²) in [5.41, 5.74) is 0.605. The topological polar surface area (TPSA) is 60.5 Å². The summed E-state index contributed by atoms with van der Waals surface area (Å²) in [5.74, 6) is 0.802. The Morgan fingerprint density at radius 3 is 3.05 bits per heavy atom. The van der Waals surface area contributed by atoms with Crippen LogP contribution in [0.15, 0.2) is 18.5 Å². The van der Waals surface area contributed by atoms with Crippen molar-refractivity contribution < 1.29 is 14.3 Å². The number of carbonyl (C=O) groups excluding carboxylic acids is 1. The highest BCUT2D eigenvalue weighted by molar-refractivity contribution is 5.94. The fourth-order valence-corrected chi connectivity index (χ4v) is 2.62. The van der Waals surface area contributed by atoms with Gasteiger partial charge in [-0.05, 0) is 18.8 Å². The lowest BCUT2D eigenvalue weighted by molar-refractivity contribution is -0.131. The molecule has 2 atom stereocenters. The van der Waals surface area contributed by atoms with Crippen LogP contribution in [0, 0.1) is 11.8 Å². The molecule has 1 aromatic rings. The molecule has 0 saturated carbocycles. The van der Waals surface area contributed by atoms with Crippen LogP contribution in [0.5, 0.6) is 5.75 Å². The third-order valence-corrected chi connectivity index (χ3v) is 3.62. The second kappa shape index (κ2) is 6.70. The molecule has 0 spiro atoms. The summed E-state index contributed by atoms with van der Waals surface area (Å²) in [6.07, 6.45) is 4.99. The third kappa shape index (κ3) is 3.28. The van der Waals surface area contributed by atoms with E-state index in [2.05, 4.69) is 24.1 Å². The first-order chi connectivity index (χ1) is 9.63. The lowest BCUT2D eigenvalue weighted by Gasteiger charge is -2.33. The number of nitrogens with zero attached hydrogens (tertiary/aromatic N) is 1. The molecule has 1 saturated heterocycles. The Hall–Kier alpha value is -1.62. The maximum absolute atomic E-state index is 12.5. The molecule has 1 aliphatic rings. The molecule has 110 valence electrons. The van der Waals surface area contributed by atoms with Crippen molar-refractivity contribution >= 4 is 11.6 Å². The van der Waals surface area contributed by atoms with Crippen LogP contribution in [0.3, 0.4) is 0 Å². The lowest BCUT2D eigenvalue weighted by atomic mass is 9.87. The summed E-state index contributed by atoms with van der Waals surface area (Å²) in [6, 6.07) is 1.73. The monoisotopic (exact) mass is 278 g/mol. The van der Waals surface area contributed by atoms with Gasteiger partial charge in [0.2, 0.25) is 5.91 Å². The van der Waals surface area contributed by atoms with Crippen LogP contribution in [-0.4, -0.2) is 30.7 Å². The van der Waals surface area contributed by atoms with E-state index in [4.69, 9.17) is 9.47 Å². The van der Waals surface area contributed by atoms with E-state index in [-0.39, 0.29) is 17.9 Å². The van der Waals surface area contributed by atoms with Gasteiger partial charge in [-0.25, -0.2) is 0 Å². The molecular formula is C15H22N2O3. The molecular weight excluding hydrogens is 256 g/mol. The largest absolute Gasteiger partial charge is 0.494 e. The van der Waals surface area contributed by atoms with E-state index in [0.717, 1.165) is 19.4 Å². The van der Waals surface area contributed by atoms with E-state index in [1.54, 1.807) is 25.6 Å². The number of carbonyl (C=O) groups is 1. The first-order valence-corrected chi connectivity index (χ1v) is 7.04. The van der Waals surface area contributed by atoms with Crippen LogP contribution < -0.4 is 10.1 Å². The van der Waals surface area contributed by atoms with Gasteiger partial charge in [0.15, 0.2) is 0 Å². The van der Waals surface area contributed by atoms with Crippen molar-refractivity contribution in [3.05, 3.63) is 18.5 Å². The normalized spacial score (nSPS) is 22.6. The predicted molar refractivity (Wildman–Crippen MR) is 76.7 cm³/mol. The van der Waals surface area contributed by atoms with Crippen LogP contribution in [0.25, 0.3) is 0 Å². The zero-order chi connectivity index (χ0) is 14.5. The average molecular weight is 278 g/mol. The van der Waals surface area contributed by atoms with Gasteiger partial charge in [0.25, 0.3) is 0 Å². The van der Waals surface area contributed by atoms with E-state index < -0.39 is 0 Å². The number of aromatic nitrogens is 1. The molecule has 5 heteroatoms. The average Bonchev–Trinajstić information content (AvgIpc) is 2.47. The van der Waals surface area contributed by atoms with Gasteiger partial charge in [-0.2, -0.15) is 0 Å². The van der Waals surface area contributed by atoms with E-state index in [1.807, 2.05) is 0 Å². The molecule has 0 bridgehead atoms. The minimum atomic E-state index is -0.117. The number of anilines is 1. The van der Waals surface area contributed by atoms with Gasteiger partial charge in [0.05, 0.1) is 25.3 Å². The number of hydrogen-bond acceptors (Lipinski definition) is 4. The van der Waals surface area contributed by atoms with Gasteiger partial charge < -0.3 is 14.8 Å². The van der Waals surface area contributed by atoms with Gasteiger partial charge in [-0.3, -0.25) is 9.78 Å². The molecule has 5 nitrogen and oxygen atoms in total. The quantitative estimate of drug-likeness (QED) is 0.919. The Labute approximate surface area is 119 Å². The summed E-state index contributed by atoms with van der Waals surface area (Å²) < 4.78 is 11.0. The number of nitrogens with one attached hydrogen (secondary N) is 1. The summed E-state index contributed by atoms with van der Waals surface area (Å²) in [7, 11) is 1.58. The number of methoxy groups -OCH3 is 1. The zero-order valence-electron chi connectivity index (χ0n) is 12.3. The van der Waals surface area contributed by atoms with Crippen LogP contribution in [0.1, 0.15) is 26.7 Å². The fraction of sp³-hybridized carbons (Fsp3) is 0.600. The Morgan fingerprint density at radius 2 is 2.35 bits per heavy atom. The minimum Gasteiger partial charge on any atom is -0.494 e. The predicted octanol–water partition coefficient (Wildman–Crippen LogP) is 2.48. The summed E-state index contributed by atoms with van der Waals surface area (Å²) in [6.45, 7) is 4.91. The molecule has 2 heterocycles. The van der Waals surface area contributed by atoms with Gasteiger partial charge in [-0.1, -0.05) is 13.8 Å². The van der Waals surface area contributed by atoms with Crippen molar-refractivity contribution in [1.29, 1.82) is 0 Å². The van der Waals surface area contributed by atoms with Gasteiger partial charge in [0, 0.05) is 18.9 Å². The van der Waals surface area contributed by atoms with E-state index in [1.165, 1.54) is 0 Å². The number of rotatable bonds is 4. The highest BCUT2D eigenvalue weighted by atomic mass is 16.5. The Bertz CT molecular complexity index is 462. The number of pyridine rings is 1. The van der Waals surface area contributed by atoms with Gasteiger partial charge >= 0.3 is 0 Å². The van der Waals surface area contributed by atoms with Crippen LogP contribution in [0.2, 0.25) is 0 Å². The van der Waals surface area contributed by atoms with Crippen LogP contribution in [0.4, 0.5) is 5.69 Å². The molecule has 0 radical (unpaired) electrons. The molecule has 2 unspecified atom stereocenters. The van der Waals surface area contributed by atoms with Crippen molar-refractivity contribution in [2.45, 2.75) is 32.8 Å². The molecule has 0 aromatic carbocycles. The first kappa shape index (κ1) is 14.8. The third-order valence-electron chi connectivity index (χ3n) is 3.62. The van der Waals surface area contributed by atoms with Crippen molar-refractivity contribution in [3.8, 4) is 5.75 Å². The molecule has 1 aliphatic heterocycles. The van der Waals surface area contributed by atoms with Crippen molar-refractivity contribution in [2.24, 2.45) is 11.8 Å². The summed E-state index contributed by atoms with van der Waals surface area (Å²) in [5, 5.41) is 2.91. The Morgan fingerprint density at radius 1 is 1.55 bits per heavy atom.